The second-order valence-electron chi connectivity index (χ2n) is 3.77. The van der Waals surface area contributed by atoms with Gasteiger partial charge in [0.1, 0.15) is 5.82 Å². The van der Waals surface area contributed by atoms with Crippen LogP contribution in [-0.4, -0.2) is 9.97 Å². The molecule has 15 heavy (non-hydrogen) atoms. The molecule has 1 unspecified atom stereocenters. The lowest BCUT2D eigenvalue weighted by molar-refractivity contribution is 0.868. The Morgan fingerprint density at radius 2 is 2.00 bits per heavy atom. The molecule has 0 radical (unpaired) electrons. The number of hydrogen-bond acceptors (Lipinski definition) is 1. The molecule has 2 rings (SSSR count). The zero-order valence-electron chi connectivity index (χ0n) is 9.20. The van der Waals surface area contributed by atoms with E-state index >= 15 is 0 Å². The minimum absolute atomic E-state index is 0.388. The van der Waals surface area contributed by atoms with E-state index in [-0.39, 0.29) is 0 Å². The van der Waals surface area contributed by atoms with Crippen molar-refractivity contribution >= 4 is 0 Å². The van der Waals surface area contributed by atoms with Gasteiger partial charge >= 0.3 is 0 Å². The molecule has 1 atom stereocenters. The SMILES string of the molecule is CCc1ncc(C(C)c2ccccc2)[nH]1. The number of hydrogen-bond donors (Lipinski definition) is 1. The predicted octanol–water partition coefficient (Wildman–Crippen LogP) is 3.12. The summed E-state index contributed by atoms with van der Waals surface area (Å²) in [6, 6.07) is 10.5. The maximum Gasteiger partial charge on any atom is 0.105 e. The van der Waals surface area contributed by atoms with Gasteiger partial charge in [0.25, 0.3) is 0 Å². The van der Waals surface area contributed by atoms with E-state index in [1.807, 2.05) is 12.3 Å². The second-order valence-corrected chi connectivity index (χ2v) is 3.77. The third-order valence-electron chi connectivity index (χ3n) is 2.75. The first kappa shape index (κ1) is 9.97. The third-order valence-corrected chi connectivity index (χ3v) is 2.75. The first-order valence-electron chi connectivity index (χ1n) is 5.40. The van der Waals surface area contributed by atoms with Gasteiger partial charge in [-0.15, -0.1) is 0 Å². The van der Waals surface area contributed by atoms with Crippen LogP contribution in [0.25, 0.3) is 0 Å². The van der Waals surface area contributed by atoms with E-state index in [2.05, 4.69) is 48.1 Å². The van der Waals surface area contributed by atoms with Crippen LogP contribution in [0, 0.1) is 0 Å². The van der Waals surface area contributed by atoms with Gasteiger partial charge in [-0.1, -0.05) is 44.2 Å². The van der Waals surface area contributed by atoms with E-state index in [1.165, 1.54) is 11.3 Å². The van der Waals surface area contributed by atoms with E-state index < -0.39 is 0 Å². The lowest BCUT2D eigenvalue weighted by Crippen LogP contribution is -1.96. The Kier molecular flexibility index (Phi) is 2.86. The monoisotopic (exact) mass is 200 g/mol. The normalized spacial score (nSPS) is 12.7. The molecule has 0 fully saturated rings. The summed E-state index contributed by atoms with van der Waals surface area (Å²) in [4.78, 5) is 7.68. The van der Waals surface area contributed by atoms with Crippen molar-refractivity contribution in [3.8, 4) is 0 Å². The third kappa shape index (κ3) is 2.09. The quantitative estimate of drug-likeness (QED) is 0.810. The Morgan fingerprint density at radius 1 is 1.27 bits per heavy atom. The second kappa shape index (κ2) is 4.30. The minimum Gasteiger partial charge on any atom is -0.345 e. The number of aromatic nitrogens is 2. The van der Waals surface area contributed by atoms with Gasteiger partial charge in [0, 0.05) is 24.2 Å². The van der Waals surface area contributed by atoms with Crippen LogP contribution in [0.5, 0.6) is 0 Å². The summed E-state index contributed by atoms with van der Waals surface area (Å²) in [5, 5.41) is 0. The van der Waals surface area contributed by atoms with Gasteiger partial charge in [0.15, 0.2) is 0 Å². The van der Waals surface area contributed by atoms with Crippen LogP contribution in [-0.2, 0) is 6.42 Å². The maximum absolute atomic E-state index is 4.33. The first-order chi connectivity index (χ1) is 7.31. The number of H-pyrrole nitrogens is 1. The summed E-state index contributed by atoms with van der Waals surface area (Å²) in [6.45, 7) is 4.30. The van der Waals surface area contributed by atoms with Crippen molar-refractivity contribution < 1.29 is 0 Å². The molecule has 2 aromatic rings. The van der Waals surface area contributed by atoms with E-state index in [0.29, 0.717) is 5.92 Å². The van der Waals surface area contributed by atoms with E-state index in [0.717, 1.165) is 12.2 Å². The molecule has 2 heteroatoms. The van der Waals surface area contributed by atoms with Gasteiger partial charge in [0.05, 0.1) is 0 Å². The van der Waals surface area contributed by atoms with Gasteiger partial charge in [-0.25, -0.2) is 4.98 Å². The molecule has 0 spiro atoms. The molecule has 0 bridgehead atoms. The Bertz CT molecular complexity index is 417. The van der Waals surface area contributed by atoms with Crippen LogP contribution >= 0.6 is 0 Å². The average Bonchev–Trinajstić information content (AvgIpc) is 2.78. The molecule has 0 aliphatic rings. The molecular formula is C13H16N2. The van der Waals surface area contributed by atoms with E-state index in [1.54, 1.807) is 0 Å². The summed E-state index contributed by atoms with van der Waals surface area (Å²) in [7, 11) is 0. The van der Waals surface area contributed by atoms with Gasteiger partial charge in [-0.2, -0.15) is 0 Å². The van der Waals surface area contributed by atoms with Crippen LogP contribution in [0.2, 0.25) is 0 Å². The smallest absolute Gasteiger partial charge is 0.105 e. The molecule has 0 amide bonds. The molecule has 1 aromatic carbocycles. The Balaban J connectivity index is 2.24. The van der Waals surface area contributed by atoms with Gasteiger partial charge in [-0.05, 0) is 5.56 Å². The van der Waals surface area contributed by atoms with Crippen LogP contribution in [0.1, 0.15) is 36.8 Å². The number of benzene rings is 1. The van der Waals surface area contributed by atoms with Crippen molar-refractivity contribution in [1.29, 1.82) is 0 Å². The van der Waals surface area contributed by atoms with E-state index in [4.69, 9.17) is 0 Å². The number of nitrogens with zero attached hydrogens (tertiary/aromatic N) is 1. The summed E-state index contributed by atoms with van der Waals surface area (Å²) in [5.74, 6) is 1.45. The van der Waals surface area contributed by atoms with Crippen LogP contribution in [0.4, 0.5) is 0 Å². The number of aromatic amines is 1. The fraction of sp³-hybridized carbons (Fsp3) is 0.308. The standard InChI is InChI=1S/C13H16N2/c1-3-13-14-9-12(15-13)10(2)11-7-5-4-6-8-11/h4-10H,3H2,1-2H3,(H,14,15). The highest BCUT2D eigenvalue weighted by Crippen LogP contribution is 2.21. The van der Waals surface area contributed by atoms with Crippen LogP contribution in [0.3, 0.4) is 0 Å². The Hall–Kier alpha value is -1.57. The van der Waals surface area contributed by atoms with Crippen LogP contribution in [0.15, 0.2) is 36.5 Å². The average molecular weight is 200 g/mol. The highest BCUT2D eigenvalue weighted by molar-refractivity contribution is 5.26. The molecule has 1 aromatic heterocycles. The summed E-state index contributed by atoms with van der Waals surface area (Å²) < 4.78 is 0. The van der Waals surface area contributed by atoms with Crippen LogP contribution < -0.4 is 0 Å². The molecule has 0 saturated carbocycles. The topological polar surface area (TPSA) is 28.7 Å². The zero-order valence-corrected chi connectivity index (χ0v) is 9.20. The summed E-state index contributed by atoms with van der Waals surface area (Å²) in [5.41, 5.74) is 2.52. The Labute approximate surface area is 90.4 Å². The number of aryl methyl sites for hydroxylation is 1. The van der Waals surface area contributed by atoms with Crippen molar-refractivity contribution in [2.75, 3.05) is 0 Å². The molecule has 0 aliphatic carbocycles. The van der Waals surface area contributed by atoms with Crippen molar-refractivity contribution in [3.05, 3.63) is 53.6 Å². The highest BCUT2D eigenvalue weighted by Gasteiger charge is 2.09. The van der Waals surface area contributed by atoms with Crippen molar-refractivity contribution in [3.63, 3.8) is 0 Å². The van der Waals surface area contributed by atoms with Crippen molar-refractivity contribution in [1.82, 2.24) is 9.97 Å². The first-order valence-corrected chi connectivity index (χ1v) is 5.40. The molecule has 1 N–H and O–H groups in total. The highest BCUT2D eigenvalue weighted by atomic mass is 14.9. The lowest BCUT2D eigenvalue weighted by Gasteiger charge is -2.08. The number of nitrogens with one attached hydrogen (secondary N) is 1. The van der Waals surface area contributed by atoms with E-state index in [9.17, 15) is 0 Å². The molecule has 0 aliphatic heterocycles. The van der Waals surface area contributed by atoms with Crippen molar-refractivity contribution in [2.24, 2.45) is 0 Å². The number of imidazole rings is 1. The maximum atomic E-state index is 4.33. The van der Waals surface area contributed by atoms with Gasteiger partial charge < -0.3 is 4.98 Å². The molecule has 1 heterocycles. The molecule has 78 valence electrons. The van der Waals surface area contributed by atoms with Crippen molar-refractivity contribution in [2.45, 2.75) is 26.2 Å². The molecule has 0 saturated heterocycles. The fourth-order valence-electron chi connectivity index (χ4n) is 1.70. The molecule has 2 nitrogen and oxygen atoms in total. The van der Waals surface area contributed by atoms with Gasteiger partial charge in [0.2, 0.25) is 0 Å². The predicted molar refractivity (Wildman–Crippen MR) is 61.9 cm³/mol. The van der Waals surface area contributed by atoms with Gasteiger partial charge in [-0.3, -0.25) is 0 Å². The zero-order chi connectivity index (χ0) is 10.7. The largest absolute Gasteiger partial charge is 0.345 e. The number of rotatable bonds is 3. The fourth-order valence-corrected chi connectivity index (χ4v) is 1.70. The molecular weight excluding hydrogens is 184 g/mol. The Morgan fingerprint density at radius 3 is 2.60 bits per heavy atom. The summed E-state index contributed by atoms with van der Waals surface area (Å²) >= 11 is 0. The lowest BCUT2D eigenvalue weighted by atomic mass is 9.99. The minimum atomic E-state index is 0.388. The summed E-state index contributed by atoms with van der Waals surface area (Å²) in [6.07, 6.45) is 2.90.